The van der Waals surface area contributed by atoms with Crippen LogP contribution in [0.1, 0.15) is 45.5 Å². The smallest absolute Gasteiger partial charge is 0.265 e. The van der Waals surface area contributed by atoms with Gasteiger partial charge in [-0.15, -0.1) is 23.1 Å². The third kappa shape index (κ3) is 3.84. The van der Waals surface area contributed by atoms with Gasteiger partial charge in [0.05, 0.1) is 23.6 Å². The van der Waals surface area contributed by atoms with E-state index in [-0.39, 0.29) is 11.8 Å². The van der Waals surface area contributed by atoms with Crippen LogP contribution in [0, 0.1) is 13.8 Å². The molecule has 166 valence electrons. The van der Waals surface area contributed by atoms with Crippen LogP contribution in [-0.4, -0.2) is 51.5 Å². The number of hydrogen-bond donors (Lipinski definition) is 1. The van der Waals surface area contributed by atoms with Gasteiger partial charge in [-0.3, -0.25) is 9.59 Å². The highest BCUT2D eigenvalue weighted by Gasteiger charge is 2.37. The first-order chi connectivity index (χ1) is 15.5. The molecule has 1 aromatic carbocycles. The second-order valence-corrected chi connectivity index (χ2v) is 10.2. The molecule has 32 heavy (non-hydrogen) atoms. The van der Waals surface area contributed by atoms with Gasteiger partial charge in [-0.2, -0.15) is 0 Å². The van der Waals surface area contributed by atoms with E-state index in [1.165, 1.54) is 11.3 Å². The fourth-order valence-electron chi connectivity index (χ4n) is 3.98. The van der Waals surface area contributed by atoms with Crippen LogP contribution < -0.4 is 10.1 Å². The van der Waals surface area contributed by atoms with Gasteiger partial charge >= 0.3 is 0 Å². The average molecular weight is 469 g/mol. The van der Waals surface area contributed by atoms with Crippen molar-refractivity contribution in [3.8, 4) is 5.75 Å². The van der Waals surface area contributed by atoms with Crippen LogP contribution in [0.2, 0.25) is 0 Å². The lowest BCUT2D eigenvalue weighted by molar-refractivity contribution is -0.119. The first kappa shape index (κ1) is 21.2. The predicted molar refractivity (Wildman–Crippen MR) is 128 cm³/mol. The third-order valence-electron chi connectivity index (χ3n) is 5.93. The van der Waals surface area contributed by atoms with Crippen molar-refractivity contribution in [2.45, 2.75) is 38.6 Å². The number of methoxy groups -OCH3 is 1. The number of thioether (sulfide) groups is 1. The number of fused-ring (bicyclic) bond motifs is 1. The third-order valence-corrected chi connectivity index (χ3v) is 8.11. The molecule has 1 aliphatic heterocycles. The number of benzene rings is 1. The van der Waals surface area contributed by atoms with Crippen LogP contribution in [0.3, 0.4) is 0 Å². The van der Waals surface area contributed by atoms with Gasteiger partial charge in [0.2, 0.25) is 5.91 Å². The monoisotopic (exact) mass is 468 g/mol. The molecule has 2 aliphatic rings. The Morgan fingerprint density at radius 1 is 1.16 bits per heavy atom. The molecule has 5 rings (SSSR count). The van der Waals surface area contributed by atoms with Crippen molar-refractivity contribution in [2.75, 3.05) is 24.1 Å². The number of rotatable bonds is 5. The zero-order valence-corrected chi connectivity index (χ0v) is 19.8. The molecule has 2 fully saturated rings. The molecule has 1 N–H and O–H groups in total. The number of nitrogens with one attached hydrogen (secondary N) is 1. The fourth-order valence-corrected chi connectivity index (χ4v) is 6.33. The zero-order valence-electron chi connectivity index (χ0n) is 18.2. The summed E-state index contributed by atoms with van der Waals surface area (Å²) in [6.07, 6.45) is 2.27. The fraction of sp³-hybridized carbons (Fsp3) is 0.391. The van der Waals surface area contributed by atoms with Gasteiger partial charge in [0.15, 0.2) is 0 Å². The highest BCUT2D eigenvalue weighted by Crippen LogP contribution is 2.41. The van der Waals surface area contributed by atoms with Gasteiger partial charge in [-0.05, 0) is 56.5 Å². The summed E-state index contributed by atoms with van der Waals surface area (Å²) in [5.74, 6) is 2.84. The number of aryl methyl sites for hydroxylation is 2. The maximum atomic E-state index is 13.5. The number of aromatic nitrogens is 2. The minimum atomic E-state index is -0.520. The molecular weight excluding hydrogens is 444 g/mol. The van der Waals surface area contributed by atoms with E-state index in [1.807, 2.05) is 13.8 Å². The number of hydrogen-bond acceptors (Lipinski definition) is 7. The topological polar surface area (TPSA) is 84.4 Å². The number of carbonyl (C=O) groups is 2. The second-order valence-electron chi connectivity index (χ2n) is 8.19. The Morgan fingerprint density at radius 3 is 2.59 bits per heavy atom. The lowest BCUT2D eigenvalue weighted by atomic mass is 10.1. The van der Waals surface area contributed by atoms with Gasteiger partial charge in [0, 0.05) is 22.7 Å². The van der Waals surface area contributed by atoms with E-state index in [4.69, 9.17) is 14.7 Å². The van der Waals surface area contributed by atoms with Crippen molar-refractivity contribution in [3.05, 3.63) is 46.2 Å². The molecule has 3 heterocycles. The maximum absolute atomic E-state index is 13.5. The summed E-state index contributed by atoms with van der Waals surface area (Å²) in [4.78, 5) is 39.1. The normalized spacial score (nSPS) is 18.2. The Labute approximate surface area is 194 Å². The van der Waals surface area contributed by atoms with Crippen molar-refractivity contribution < 1.29 is 14.3 Å². The lowest BCUT2D eigenvalue weighted by Crippen LogP contribution is -2.44. The molecule has 0 radical (unpaired) electrons. The van der Waals surface area contributed by atoms with Gasteiger partial charge in [0.1, 0.15) is 22.4 Å². The summed E-state index contributed by atoms with van der Waals surface area (Å²) in [5.41, 5.74) is 2.51. The zero-order chi connectivity index (χ0) is 22.4. The highest BCUT2D eigenvalue weighted by molar-refractivity contribution is 7.99. The van der Waals surface area contributed by atoms with Crippen molar-refractivity contribution >= 4 is 50.8 Å². The van der Waals surface area contributed by atoms with Crippen LogP contribution in [0.4, 0.5) is 5.69 Å². The van der Waals surface area contributed by atoms with Crippen molar-refractivity contribution in [1.29, 1.82) is 0 Å². The molecule has 3 aromatic rings. The van der Waals surface area contributed by atoms with Gasteiger partial charge in [-0.1, -0.05) is 0 Å². The molecule has 1 aliphatic carbocycles. The number of thiophene rings is 1. The van der Waals surface area contributed by atoms with Crippen molar-refractivity contribution in [2.24, 2.45) is 0 Å². The van der Waals surface area contributed by atoms with Crippen molar-refractivity contribution in [1.82, 2.24) is 14.9 Å². The average Bonchev–Trinajstić information content (AvgIpc) is 3.42. The van der Waals surface area contributed by atoms with Crippen LogP contribution in [0.25, 0.3) is 10.2 Å². The largest absolute Gasteiger partial charge is 0.497 e. The summed E-state index contributed by atoms with van der Waals surface area (Å²) in [7, 11) is 1.60. The van der Waals surface area contributed by atoms with E-state index in [0.29, 0.717) is 28.1 Å². The molecule has 9 heteroatoms. The van der Waals surface area contributed by atoms with Crippen LogP contribution >= 0.6 is 23.1 Å². The van der Waals surface area contributed by atoms with Crippen molar-refractivity contribution in [3.63, 3.8) is 0 Å². The standard InChI is InChI=1S/C23H24N4O3S2/c1-12-18-13(2)24-20(14-4-5-14)26-22(18)32-19(12)23(29)27-11-31-10-17(27)21(28)25-15-6-8-16(30-3)9-7-15/h6-9,14,17H,4-5,10-11H2,1-3H3,(H,25,28). The van der Waals surface area contributed by atoms with Gasteiger partial charge < -0.3 is 15.0 Å². The molecule has 2 amide bonds. The molecule has 1 saturated carbocycles. The summed E-state index contributed by atoms with van der Waals surface area (Å²) in [6.45, 7) is 3.94. The first-order valence-electron chi connectivity index (χ1n) is 10.6. The van der Waals surface area contributed by atoms with Crippen LogP contribution in [0.15, 0.2) is 24.3 Å². The Balaban J connectivity index is 1.39. The molecule has 7 nitrogen and oxygen atoms in total. The molecular formula is C23H24N4O3S2. The van der Waals surface area contributed by atoms with E-state index in [1.54, 1.807) is 48.0 Å². The first-order valence-corrected chi connectivity index (χ1v) is 12.5. The van der Waals surface area contributed by atoms with Gasteiger partial charge in [-0.25, -0.2) is 9.97 Å². The summed E-state index contributed by atoms with van der Waals surface area (Å²) < 4.78 is 5.16. The van der Waals surface area contributed by atoms with Crippen LogP contribution in [0.5, 0.6) is 5.75 Å². The van der Waals surface area contributed by atoms with E-state index in [0.717, 1.165) is 45.9 Å². The lowest BCUT2D eigenvalue weighted by Gasteiger charge is -2.23. The van der Waals surface area contributed by atoms with E-state index >= 15 is 0 Å². The van der Waals surface area contributed by atoms with E-state index in [9.17, 15) is 9.59 Å². The summed E-state index contributed by atoms with van der Waals surface area (Å²) >= 11 is 3.01. The molecule has 1 atom stereocenters. The minimum Gasteiger partial charge on any atom is -0.497 e. The number of anilines is 1. The number of nitrogens with zero attached hydrogens (tertiary/aromatic N) is 3. The molecule has 1 saturated heterocycles. The van der Waals surface area contributed by atoms with Gasteiger partial charge in [0.25, 0.3) is 5.91 Å². The van der Waals surface area contributed by atoms with E-state index < -0.39 is 6.04 Å². The van der Waals surface area contributed by atoms with E-state index in [2.05, 4.69) is 5.32 Å². The Bertz CT molecular complexity index is 1200. The Morgan fingerprint density at radius 2 is 1.91 bits per heavy atom. The second kappa shape index (κ2) is 8.37. The van der Waals surface area contributed by atoms with Crippen LogP contribution in [-0.2, 0) is 4.79 Å². The molecule has 0 spiro atoms. The SMILES string of the molecule is COc1ccc(NC(=O)C2CSCN2C(=O)c2sc3nc(C4CC4)nc(C)c3c2C)cc1. The maximum Gasteiger partial charge on any atom is 0.265 e. The number of amides is 2. The Hall–Kier alpha value is -2.65. The predicted octanol–water partition coefficient (Wildman–Crippen LogP) is 4.35. The number of carbonyl (C=O) groups excluding carboxylic acids is 2. The Kier molecular flexibility index (Phi) is 5.54. The summed E-state index contributed by atoms with van der Waals surface area (Å²) in [5, 5.41) is 3.89. The molecule has 0 bridgehead atoms. The number of ether oxygens (including phenoxy) is 1. The quantitative estimate of drug-likeness (QED) is 0.599. The summed E-state index contributed by atoms with van der Waals surface area (Å²) in [6, 6.07) is 6.65. The minimum absolute atomic E-state index is 0.113. The molecule has 1 unspecified atom stereocenters. The highest BCUT2D eigenvalue weighted by atomic mass is 32.2. The molecule has 2 aromatic heterocycles.